The van der Waals surface area contributed by atoms with E-state index in [0.717, 1.165) is 22.9 Å². The number of hydrogen-bond donors (Lipinski definition) is 1. The minimum Gasteiger partial charge on any atom is -0.372 e. The molecule has 1 rings (SSSR count). The van der Waals surface area contributed by atoms with Crippen LogP contribution < -0.4 is 5.32 Å². The maximum absolute atomic E-state index is 8.95. The number of aromatic nitrogens is 1. The fraction of sp³-hybridized carbons (Fsp3) is 0.600. The highest BCUT2D eigenvalue weighted by atomic mass is 32.2. The largest absolute Gasteiger partial charge is 0.372 e. The molecule has 0 saturated carbocycles. The smallest absolute Gasteiger partial charge is 0.127 e. The molecule has 0 aliphatic rings. The van der Waals surface area contributed by atoms with Crippen LogP contribution in [0.25, 0.3) is 0 Å². The van der Waals surface area contributed by atoms with Crippen molar-refractivity contribution in [3.63, 3.8) is 0 Å². The first-order valence-corrected chi connectivity index (χ1v) is 6.97. The Labute approximate surface area is 99.1 Å². The van der Waals surface area contributed by atoms with E-state index < -0.39 is 0 Å². The second kappa shape index (κ2) is 5.99. The van der Waals surface area contributed by atoms with Crippen LogP contribution in [0, 0.1) is 18.3 Å². The Morgan fingerprint density at radius 2 is 2.40 bits per heavy atom. The highest BCUT2D eigenvalue weighted by Crippen LogP contribution is 2.24. The molecule has 15 heavy (non-hydrogen) atoms. The van der Waals surface area contributed by atoms with Crippen LogP contribution in [0.4, 0.5) is 5.00 Å². The summed E-state index contributed by atoms with van der Waals surface area (Å²) in [6.07, 6.45) is 3.20. The molecule has 5 heteroatoms. The Bertz CT molecular complexity index is 354. The number of rotatable bonds is 5. The van der Waals surface area contributed by atoms with Gasteiger partial charge < -0.3 is 5.32 Å². The fourth-order valence-corrected chi connectivity index (χ4v) is 2.64. The van der Waals surface area contributed by atoms with Crippen LogP contribution in [0.15, 0.2) is 0 Å². The standard InChI is InChI=1S/C10H15N3S2/c1-7(4-5-14-3)12-10-9(6-11)8(2)13-15-10/h7,12H,4-5H2,1-3H3. The summed E-state index contributed by atoms with van der Waals surface area (Å²) >= 11 is 3.21. The first-order valence-electron chi connectivity index (χ1n) is 4.81. The van der Waals surface area contributed by atoms with Gasteiger partial charge in [0, 0.05) is 6.04 Å². The van der Waals surface area contributed by atoms with Gasteiger partial charge in [0.1, 0.15) is 16.6 Å². The lowest BCUT2D eigenvalue weighted by Crippen LogP contribution is -2.15. The van der Waals surface area contributed by atoms with E-state index in [-0.39, 0.29) is 0 Å². The van der Waals surface area contributed by atoms with Gasteiger partial charge in [-0.1, -0.05) is 0 Å². The molecule has 1 N–H and O–H groups in total. The molecule has 1 aromatic heterocycles. The van der Waals surface area contributed by atoms with Crippen LogP contribution >= 0.6 is 23.3 Å². The topological polar surface area (TPSA) is 48.7 Å². The van der Waals surface area contributed by atoms with Gasteiger partial charge in [-0.3, -0.25) is 0 Å². The molecule has 0 saturated heterocycles. The molecule has 0 amide bonds. The van der Waals surface area contributed by atoms with Crippen molar-refractivity contribution in [1.82, 2.24) is 4.37 Å². The Kier molecular flexibility index (Phi) is 4.92. The SMILES string of the molecule is CSCCC(C)Nc1snc(C)c1C#N. The van der Waals surface area contributed by atoms with Crippen LogP contribution in [-0.2, 0) is 0 Å². The molecule has 1 unspecified atom stereocenters. The molecule has 0 bridgehead atoms. The summed E-state index contributed by atoms with van der Waals surface area (Å²) in [5.41, 5.74) is 1.51. The maximum Gasteiger partial charge on any atom is 0.127 e. The van der Waals surface area contributed by atoms with Crippen molar-refractivity contribution in [2.75, 3.05) is 17.3 Å². The van der Waals surface area contributed by atoms with Crippen molar-refractivity contribution in [3.8, 4) is 6.07 Å². The minimum absolute atomic E-state index is 0.393. The number of nitrogens with one attached hydrogen (secondary N) is 1. The van der Waals surface area contributed by atoms with Crippen molar-refractivity contribution >= 4 is 28.3 Å². The average molecular weight is 241 g/mol. The van der Waals surface area contributed by atoms with Gasteiger partial charge >= 0.3 is 0 Å². The Morgan fingerprint density at radius 3 is 3.00 bits per heavy atom. The molecule has 0 aliphatic carbocycles. The molecular formula is C10H15N3S2. The second-order valence-corrected chi connectivity index (χ2v) is 5.17. The summed E-state index contributed by atoms with van der Waals surface area (Å²) in [6.45, 7) is 4.00. The predicted octanol–water partition coefficient (Wildman–Crippen LogP) is 2.88. The fourth-order valence-electron chi connectivity index (χ4n) is 1.19. The predicted molar refractivity (Wildman–Crippen MR) is 67.6 cm³/mol. The zero-order valence-electron chi connectivity index (χ0n) is 9.20. The molecule has 0 aromatic carbocycles. The van der Waals surface area contributed by atoms with Gasteiger partial charge in [0.15, 0.2) is 0 Å². The summed E-state index contributed by atoms with van der Waals surface area (Å²) in [5, 5.41) is 13.2. The van der Waals surface area contributed by atoms with E-state index in [1.165, 1.54) is 11.5 Å². The van der Waals surface area contributed by atoms with Crippen molar-refractivity contribution < 1.29 is 0 Å². The molecule has 0 spiro atoms. The Hall–Kier alpha value is -0.730. The van der Waals surface area contributed by atoms with E-state index in [1.54, 1.807) is 0 Å². The normalized spacial score (nSPS) is 12.1. The van der Waals surface area contributed by atoms with Crippen molar-refractivity contribution in [2.45, 2.75) is 26.3 Å². The number of thioether (sulfide) groups is 1. The molecule has 0 aliphatic heterocycles. The van der Waals surface area contributed by atoms with E-state index in [2.05, 4.69) is 28.9 Å². The maximum atomic E-state index is 8.95. The monoisotopic (exact) mass is 241 g/mol. The number of anilines is 1. The number of nitriles is 1. The van der Waals surface area contributed by atoms with Crippen LogP contribution in [0.2, 0.25) is 0 Å². The van der Waals surface area contributed by atoms with Crippen molar-refractivity contribution in [1.29, 1.82) is 5.26 Å². The first kappa shape index (κ1) is 12.3. The van der Waals surface area contributed by atoms with Crippen molar-refractivity contribution in [3.05, 3.63) is 11.3 Å². The van der Waals surface area contributed by atoms with Gasteiger partial charge in [-0.15, -0.1) is 0 Å². The zero-order valence-corrected chi connectivity index (χ0v) is 10.8. The molecule has 0 radical (unpaired) electrons. The third-order valence-corrected chi connectivity index (χ3v) is 3.62. The lowest BCUT2D eigenvalue weighted by molar-refractivity contribution is 0.774. The summed E-state index contributed by atoms with van der Waals surface area (Å²) in [7, 11) is 0. The van der Waals surface area contributed by atoms with Gasteiger partial charge in [0.2, 0.25) is 0 Å². The highest BCUT2D eigenvalue weighted by Gasteiger charge is 2.11. The summed E-state index contributed by atoms with van der Waals surface area (Å²) in [4.78, 5) is 0. The average Bonchev–Trinajstić information content (AvgIpc) is 2.56. The van der Waals surface area contributed by atoms with E-state index in [4.69, 9.17) is 5.26 Å². The van der Waals surface area contributed by atoms with E-state index >= 15 is 0 Å². The zero-order chi connectivity index (χ0) is 11.3. The Balaban J connectivity index is 2.61. The summed E-state index contributed by atoms with van der Waals surface area (Å²) in [5.74, 6) is 1.13. The Morgan fingerprint density at radius 1 is 1.67 bits per heavy atom. The third kappa shape index (κ3) is 3.40. The molecule has 3 nitrogen and oxygen atoms in total. The van der Waals surface area contributed by atoms with Gasteiger partial charge in [0.25, 0.3) is 0 Å². The highest BCUT2D eigenvalue weighted by molar-refractivity contribution is 7.98. The molecular weight excluding hydrogens is 226 g/mol. The van der Waals surface area contributed by atoms with Gasteiger partial charge in [0.05, 0.1) is 5.69 Å². The molecule has 1 heterocycles. The van der Waals surface area contributed by atoms with Crippen LogP contribution in [0.3, 0.4) is 0 Å². The van der Waals surface area contributed by atoms with Gasteiger partial charge in [-0.2, -0.15) is 21.4 Å². The lowest BCUT2D eigenvalue weighted by atomic mass is 10.2. The van der Waals surface area contributed by atoms with Crippen LogP contribution in [0.1, 0.15) is 24.6 Å². The second-order valence-electron chi connectivity index (χ2n) is 3.41. The molecule has 1 atom stereocenters. The van der Waals surface area contributed by atoms with Gasteiger partial charge in [-0.05, 0) is 43.8 Å². The van der Waals surface area contributed by atoms with E-state index in [1.807, 2.05) is 18.7 Å². The summed E-state index contributed by atoms with van der Waals surface area (Å²) in [6, 6.07) is 2.58. The minimum atomic E-state index is 0.393. The van der Waals surface area contributed by atoms with Crippen LogP contribution in [0.5, 0.6) is 0 Å². The molecule has 0 fully saturated rings. The number of hydrogen-bond acceptors (Lipinski definition) is 5. The quantitative estimate of drug-likeness (QED) is 0.861. The third-order valence-electron chi connectivity index (χ3n) is 2.11. The lowest BCUT2D eigenvalue weighted by Gasteiger charge is -2.12. The van der Waals surface area contributed by atoms with Crippen LogP contribution in [-0.4, -0.2) is 22.4 Å². The molecule has 1 aromatic rings. The number of nitrogens with zero attached hydrogens (tertiary/aromatic N) is 2. The van der Waals surface area contributed by atoms with Gasteiger partial charge in [-0.25, -0.2) is 0 Å². The molecule has 82 valence electrons. The first-order chi connectivity index (χ1) is 7.19. The summed E-state index contributed by atoms with van der Waals surface area (Å²) < 4.78 is 4.17. The van der Waals surface area contributed by atoms with E-state index in [0.29, 0.717) is 11.6 Å². The van der Waals surface area contributed by atoms with Crippen molar-refractivity contribution in [2.24, 2.45) is 0 Å². The van der Waals surface area contributed by atoms with E-state index in [9.17, 15) is 0 Å². The number of aryl methyl sites for hydroxylation is 1.